The van der Waals surface area contributed by atoms with E-state index in [1.807, 2.05) is 31.2 Å². The van der Waals surface area contributed by atoms with Gasteiger partial charge in [0.15, 0.2) is 12.6 Å². The van der Waals surface area contributed by atoms with Gasteiger partial charge in [-0.15, -0.1) is 24.0 Å². The maximum Gasteiger partial charge on any atom is 0.257 e. The van der Waals surface area contributed by atoms with Crippen LogP contribution in [0.1, 0.15) is 31.0 Å². The molecule has 1 unspecified atom stereocenters. The Morgan fingerprint density at radius 3 is 2.56 bits per heavy atom. The van der Waals surface area contributed by atoms with E-state index in [-0.39, 0.29) is 42.5 Å². The first-order valence-electron chi connectivity index (χ1n) is 10.5. The number of carbonyl (C=O) groups excluding carboxylic acids is 1. The van der Waals surface area contributed by atoms with Crippen molar-refractivity contribution in [2.75, 3.05) is 20.2 Å². The molecule has 3 aromatic carbocycles. The lowest BCUT2D eigenvalue weighted by atomic mass is 10.00. The first-order valence-corrected chi connectivity index (χ1v) is 10.5. The van der Waals surface area contributed by atoms with E-state index in [0.29, 0.717) is 24.8 Å². The van der Waals surface area contributed by atoms with E-state index >= 15 is 0 Å². The largest absolute Gasteiger partial charge is 0.484 e. The molecule has 3 N–H and O–H groups in total. The highest BCUT2D eigenvalue weighted by molar-refractivity contribution is 14.0. The molecule has 32 heavy (non-hydrogen) atoms. The molecule has 0 radical (unpaired) electrons. The number of ether oxygens (including phenoxy) is 1. The lowest BCUT2D eigenvalue weighted by molar-refractivity contribution is -0.122. The number of guanidine groups is 1. The Kier molecular flexibility index (Phi) is 10.3. The Morgan fingerprint density at radius 2 is 1.78 bits per heavy atom. The Morgan fingerprint density at radius 1 is 1.03 bits per heavy atom. The van der Waals surface area contributed by atoms with Crippen LogP contribution < -0.4 is 20.7 Å². The molecule has 0 aliphatic rings. The number of benzene rings is 3. The molecule has 0 aliphatic carbocycles. The number of halogens is 1. The lowest BCUT2D eigenvalue weighted by Crippen LogP contribution is -2.38. The highest BCUT2D eigenvalue weighted by Gasteiger charge is 2.11. The fraction of sp³-hybridized carbons (Fsp3) is 0.280. The number of hydrogen-bond acceptors (Lipinski definition) is 3. The number of carbonyl (C=O) groups is 1. The lowest BCUT2D eigenvalue weighted by Gasteiger charge is -2.20. The number of nitrogens with one attached hydrogen (secondary N) is 3. The molecule has 6 nitrogen and oxygen atoms in total. The maximum absolute atomic E-state index is 11.6. The predicted octanol–water partition coefficient (Wildman–Crippen LogP) is 4.40. The maximum atomic E-state index is 11.6. The van der Waals surface area contributed by atoms with E-state index in [2.05, 4.69) is 70.3 Å². The average molecular weight is 546 g/mol. The summed E-state index contributed by atoms with van der Waals surface area (Å²) in [5.41, 5.74) is 2.26. The minimum atomic E-state index is -0.127. The molecule has 0 saturated heterocycles. The summed E-state index contributed by atoms with van der Waals surface area (Å²) >= 11 is 0. The van der Waals surface area contributed by atoms with Crippen molar-refractivity contribution in [2.24, 2.45) is 4.99 Å². The van der Waals surface area contributed by atoms with Crippen LogP contribution in [0.3, 0.4) is 0 Å². The third kappa shape index (κ3) is 7.12. The van der Waals surface area contributed by atoms with E-state index in [0.717, 1.165) is 5.56 Å². The molecule has 3 rings (SSSR count). The van der Waals surface area contributed by atoms with Gasteiger partial charge in [0.05, 0.1) is 6.04 Å². The number of fused-ring (bicyclic) bond motifs is 1. The predicted molar refractivity (Wildman–Crippen MR) is 142 cm³/mol. The number of aliphatic imine (C=N–C) groups is 1. The van der Waals surface area contributed by atoms with Crippen LogP contribution in [0, 0.1) is 0 Å². The summed E-state index contributed by atoms with van der Waals surface area (Å²) in [6, 6.07) is 22.5. The molecule has 1 amide bonds. The van der Waals surface area contributed by atoms with Gasteiger partial charge in [0.1, 0.15) is 5.75 Å². The molecule has 0 spiro atoms. The molecule has 0 saturated carbocycles. The van der Waals surface area contributed by atoms with Crippen LogP contribution >= 0.6 is 24.0 Å². The van der Waals surface area contributed by atoms with E-state index in [1.54, 1.807) is 7.05 Å². The smallest absolute Gasteiger partial charge is 0.257 e. The topological polar surface area (TPSA) is 74.8 Å². The number of hydrogen-bond donors (Lipinski definition) is 3. The van der Waals surface area contributed by atoms with Crippen molar-refractivity contribution in [3.05, 3.63) is 77.9 Å². The standard InChI is InChI=1S/C25H30N4O2.HI/c1-4-27-24(30)17-31-21-12-7-9-19(15-21)16-28-25(26-3)29-18(2)22-14-8-11-20-10-5-6-13-23(20)22;/h5-15,18H,4,16-17H2,1-3H3,(H,27,30)(H2,26,28,29);1H. The molecular formula is C25H31IN4O2. The van der Waals surface area contributed by atoms with Crippen LogP contribution in [0.2, 0.25) is 0 Å². The third-order valence-electron chi connectivity index (χ3n) is 4.97. The minimum absolute atomic E-state index is 0. The highest BCUT2D eigenvalue weighted by Crippen LogP contribution is 2.24. The average Bonchev–Trinajstić information content (AvgIpc) is 2.80. The molecule has 0 bridgehead atoms. The van der Waals surface area contributed by atoms with Crippen molar-refractivity contribution in [3.63, 3.8) is 0 Å². The normalized spacial score (nSPS) is 11.9. The molecule has 170 valence electrons. The first kappa shape index (κ1) is 25.5. The second kappa shape index (κ2) is 12.9. The highest BCUT2D eigenvalue weighted by atomic mass is 127. The van der Waals surface area contributed by atoms with Gasteiger partial charge in [-0.2, -0.15) is 0 Å². The first-order chi connectivity index (χ1) is 15.1. The van der Waals surface area contributed by atoms with Crippen molar-refractivity contribution >= 4 is 46.6 Å². The molecule has 0 aromatic heterocycles. The SMILES string of the molecule is CCNC(=O)COc1cccc(CNC(=NC)NC(C)c2cccc3ccccc23)c1.I. The zero-order valence-electron chi connectivity index (χ0n) is 18.7. The second-order valence-electron chi connectivity index (χ2n) is 7.25. The molecular weight excluding hydrogens is 515 g/mol. The monoisotopic (exact) mass is 546 g/mol. The Labute approximate surface area is 206 Å². The van der Waals surface area contributed by atoms with Crippen molar-refractivity contribution in [1.29, 1.82) is 0 Å². The summed E-state index contributed by atoms with van der Waals surface area (Å²) in [6.07, 6.45) is 0. The summed E-state index contributed by atoms with van der Waals surface area (Å²) in [5, 5.41) is 12.0. The second-order valence-corrected chi connectivity index (χ2v) is 7.25. The van der Waals surface area contributed by atoms with Gasteiger partial charge in [-0.25, -0.2) is 0 Å². The third-order valence-corrected chi connectivity index (χ3v) is 4.97. The molecule has 0 aliphatic heterocycles. The van der Waals surface area contributed by atoms with Crippen LogP contribution in [-0.4, -0.2) is 32.1 Å². The summed E-state index contributed by atoms with van der Waals surface area (Å²) in [5.74, 6) is 1.25. The van der Waals surface area contributed by atoms with Gasteiger partial charge < -0.3 is 20.7 Å². The fourth-order valence-corrected chi connectivity index (χ4v) is 3.43. The molecule has 0 heterocycles. The summed E-state index contributed by atoms with van der Waals surface area (Å²) < 4.78 is 5.57. The van der Waals surface area contributed by atoms with E-state index in [1.165, 1.54) is 16.3 Å². The fourth-order valence-electron chi connectivity index (χ4n) is 3.43. The van der Waals surface area contributed by atoms with Gasteiger partial charge in [0.25, 0.3) is 5.91 Å². The number of amides is 1. The van der Waals surface area contributed by atoms with Gasteiger partial charge >= 0.3 is 0 Å². The number of likely N-dealkylation sites (N-methyl/N-ethyl adjacent to an activating group) is 1. The zero-order valence-corrected chi connectivity index (χ0v) is 21.1. The van der Waals surface area contributed by atoms with Gasteiger partial charge in [-0.05, 0) is 47.9 Å². The van der Waals surface area contributed by atoms with Gasteiger partial charge in [0.2, 0.25) is 0 Å². The van der Waals surface area contributed by atoms with Crippen LogP contribution in [0.4, 0.5) is 0 Å². The van der Waals surface area contributed by atoms with Crippen LogP contribution in [0.15, 0.2) is 71.7 Å². The minimum Gasteiger partial charge on any atom is -0.484 e. The molecule has 0 fully saturated rings. The van der Waals surface area contributed by atoms with Gasteiger partial charge in [-0.3, -0.25) is 9.79 Å². The molecule has 3 aromatic rings. The summed E-state index contributed by atoms with van der Waals surface area (Å²) in [7, 11) is 1.76. The van der Waals surface area contributed by atoms with E-state index in [9.17, 15) is 4.79 Å². The van der Waals surface area contributed by atoms with Gasteiger partial charge in [-0.1, -0.05) is 54.6 Å². The van der Waals surface area contributed by atoms with Crippen molar-refractivity contribution in [1.82, 2.24) is 16.0 Å². The summed E-state index contributed by atoms with van der Waals surface area (Å²) in [6.45, 7) is 5.20. The van der Waals surface area contributed by atoms with Crippen LogP contribution in [-0.2, 0) is 11.3 Å². The van der Waals surface area contributed by atoms with Crippen molar-refractivity contribution in [3.8, 4) is 5.75 Å². The Balaban J connectivity index is 0.00000363. The Hall–Kier alpha value is -2.81. The number of rotatable bonds is 8. The summed E-state index contributed by atoms with van der Waals surface area (Å²) in [4.78, 5) is 15.9. The van der Waals surface area contributed by atoms with E-state index < -0.39 is 0 Å². The quantitative estimate of drug-likeness (QED) is 0.223. The van der Waals surface area contributed by atoms with E-state index in [4.69, 9.17) is 4.74 Å². The molecule has 7 heteroatoms. The van der Waals surface area contributed by atoms with Crippen LogP contribution in [0.5, 0.6) is 5.75 Å². The molecule has 1 atom stereocenters. The number of nitrogens with zero attached hydrogens (tertiary/aromatic N) is 1. The zero-order chi connectivity index (χ0) is 22.1. The van der Waals surface area contributed by atoms with Gasteiger partial charge in [0, 0.05) is 20.1 Å². The van der Waals surface area contributed by atoms with Crippen LogP contribution in [0.25, 0.3) is 10.8 Å². The van der Waals surface area contributed by atoms with Crippen molar-refractivity contribution in [2.45, 2.75) is 26.4 Å². The Bertz CT molecular complexity index is 1050. The van der Waals surface area contributed by atoms with Crippen molar-refractivity contribution < 1.29 is 9.53 Å².